The van der Waals surface area contributed by atoms with Crippen LogP contribution in [-0.2, 0) is 17.6 Å². The summed E-state index contributed by atoms with van der Waals surface area (Å²) in [5.74, 6) is 0.585. The van der Waals surface area contributed by atoms with Crippen molar-refractivity contribution in [2.75, 3.05) is 11.4 Å². The third kappa shape index (κ3) is 2.18. The number of ketones is 1. The van der Waals surface area contributed by atoms with Crippen LogP contribution in [0.4, 0.5) is 5.69 Å². The maximum atomic E-state index is 11.8. The van der Waals surface area contributed by atoms with Crippen molar-refractivity contribution in [1.82, 2.24) is 0 Å². The number of nitrogens with zero attached hydrogens (tertiary/aromatic N) is 1. The average Bonchev–Trinajstić information content (AvgIpc) is 2.45. The van der Waals surface area contributed by atoms with Gasteiger partial charge in [-0.3, -0.25) is 4.79 Å². The lowest BCUT2D eigenvalue weighted by molar-refractivity contribution is -0.123. The number of carbonyl (C=O) groups excluding carboxylic acids is 1. The Morgan fingerprint density at radius 3 is 2.74 bits per heavy atom. The molecule has 2 unspecified atom stereocenters. The molecule has 1 aliphatic carbocycles. The van der Waals surface area contributed by atoms with Crippen molar-refractivity contribution < 1.29 is 4.79 Å². The van der Waals surface area contributed by atoms with E-state index in [0.29, 0.717) is 18.2 Å². The number of fused-ring (bicyclic) bond motifs is 1. The van der Waals surface area contributed by atoms with Gasteiger partial charge in [-0.25, -0.2) is 0 Å². The first-order valence-corrected chi connectivity index (χ1v) is 7.58. The maximum Gasteiger partial charge on any atom is 0.139 e. The fourth-order valence-corrected chi connectivity index (χ4v) is 3.57. The monoisotopic (exact) mass is 257 g/mol. The quantitative estimate of drug-likeness (QED) is 0.769. The van der Waals surface area contributed by atoms with Crippen LogP contribution in [0.15, 0.2) is 18.2 Å². The zero-order valence-corrected chi connectivity index (χ0v) is 12.0. The van der Waals surface area contributed by atoms with E-state index in [9.17, 15) is 4.79 Å². The van der Waals surface area contributed by atoms with Crippen LogP contribution in [0.25, 0.3) is 0 Å². The van der Waals surface area contributed by atoms with Crippen LogP contribution >= 0.6 is 0 Å². The molecular formula is C17H23NO. The number of hydrogen-bond acceptors (Lipinski definition) is 2. The maximum absolute atomic E-state index is 11.8. The summed E-state index contributed by atoms with van der Waals surface area (Å²) < 4.78 is 0. The summed E-state index contributed by atoms with van der Waals surface area (Å²) in [5.41, 5.74) is 4.46. The van der Waals surface area contributed by atoms with E-state index in [1.165, 1.54) is 36.9 Å². The predicted octanol–water partition coefficient (Wildman–Crippen LogP) is 3.37. The molecular weight excluding hydrogens is 234 g/mol. The average molecular weight is 257 g/mol. The van der Waals surface area contributed by atoms with Crippen molar-refractivity contribution in [1.29, 1.82) is 0 Å². The number of anilines is 1. The molecule has 2 nitrogen and oxygen atoms in total. The zero-order chi connectivity index (χ0) is 13.4. The van der Waals surface area contributed by atoms with Crippen LogP contribution in [0.5, 0.6) is 0 Å². The number of hydrogen-bond donors (Lipinski definition) is 0. The highest BCUT2D eigenvalue weighted by Gasteiger charge is 2.32. The number of aryl methyl sites for hydroxylation is 1. The van der Waals surface area contributed by atoms with Gasteiger partial charge in [0.2, 0.25) is 0 Å². The molecule has 0 bridgehead atoms. The summed E-state index contributed by atoms with van der Waals surface area (Å²) in [7, 11) is 0. The van der Waals surface area contributed by atoms with Gasteiger partial charge in [-0.2, -0.15) is 0 Å². The SMILES string of the molecule is CC1C(=O)CCN(c2cccc3c2CCCC3)C1C. The third-order valence-corrected chi connectivity index (χ3v) is 5.00. The molecule has 0 amide bonds. The van der Waals surface area contributed by atoms with Gasteiger partial charge in [0.05, 0.1) is 0 Å². The lowest BCUT2D eigenvalue weighted by Crippen LogP contribution is -2.47. The largest absolute Gasteiger partial charge is 0.367 e. The molecule has 19 heavy (non-hydrogen) atoms. The highest BCUT2D eigenvalue weighted by Crippen LogP contribution is 2.34. The molecule has 1 aromatic rings. The Morgan fingerprint density at radius 2 is 1.89 bits per heavy atom. The van der Waals surface area contributed by atoms with Gasteiger partial charge in [-0.15, -0.1) is 0 Å². The third-order valence-electron chi connectivity index (χ3n) is 5.00. The Hall–Kier alpha value is -1.31. The van der Waals surface area contributed by atoms with Gasteiger partial charge in [0.1, 0.15) is 5.78 Å². The Bertz CT molecular complexity index is 494. The number of rotatable bonds is 1. The Kier molecular flexibility index (Phi) is 3.34. The molecule has 1 heterocycles. The molecule has 1 saturated heterocycles. The molecule has 2 aliphatic rings. The first-order valence-electron chi connectivity index (χ1n) is 7.58. The second-order valence-electron chi connectivity index (χ2n) is 6.06. The van der Waals surface area contributed by atoms with E-state index in [2.05, 4.69) is 36.9 Å². The van der Waals surface area contributed by atoms with Crippen molar-refractivity contribution in [3.8, 4) is 0 Å². The van der Waals surface area contributed by atoms with Crippen LogP contribution in [0.2, 0.25) is 0 Å². The zero-order valence-electron chi connectivity index (χ0n) is 12.0. The van der Waals surface area contributed by atoms with Gasteiger partial charge < -0.3 is 4.90 Å². The minimum atomic E-state index is 0.160. The van der Waals surface area contributed by atoms with E-state index >= 15 is 0 Å². The van der Waals surface area contributed by atoms with E-state index in [1.807, 2.05) is 0 Å². The predicted molar refractivity (Wildman–Crippen MR) is 78.7 cm³/mol. The Balaban J connectivity index is 1.96. The van der Waals surface area contributed by atoms with E-state index in [4.69, 9.17) is 0 Å². The minimum Gasteiger partial charge on any atom is -0.367 e. The molecule has 2 heteroatoms. The number of Topliss-reactive ketones (excluding diaryl/α,β-unsaturated/α-hetero) is 1. The number of carbonyl (C=O) groups is 1. The molecule has 0 radical (unpaired) electrons. The van der Waals surface area contributed by atoms with Crippen molar-refractivity contribution in [3.05, 3.63) is 29.3 Å². The van der Waals surface area contributed by atoms with E-state index in [1.54, 1.807) is 5.56 Å². The normalized spacial score (nSPS) is 27.3. The Labute approximate surface area is 115 Å². The summed E-state index contributed by atoms with van der Waals surface area (Å²) in [4.78, 5) is 14.3. The van der Waals surface area contributed by atoms with Gasteiger partial charge in [0.25, 0.3) is 0 Å². The van der Waals surface area contributed by atoms with Crippen LogP contribution in [0.3, 0.4) is 0 Å². The summed E-state index contributed by atoms with van der Waals surface area (Å²) in [6.45, 7) is 5.17. The highest BCUT2D eigenvalue weighted by molar-refractivity contribution is 5.84. The van der Waals surface area contributed by atoms with Gasteiger partial charge in [0.15, 0.2) is 0 Å². The first kappa shape index (κ1) is 12.7. The summed E-state index contributed by atoms with van der Waals surface area (Å²) >= 11 is 0. The number of benzene rings is 1. The van der Waals surface area contributed by atoms with E-state index < -0.39 is 0 Å². The van der Waals surface area contributed by atoms with E-state index in [0.717, 1.165) is 6.54 Å². The van der Waals surface area contributed by atoms with Crippen molar-refractivity contribution in [2.45, 2.75) is 52.0 Å². The molecule has 1 aromatic carbocycles. The van der Waals surface area contributed by atoms with Gasteiger partial charge in [-0.05, 0) is 49.8 Å². The fraction of sp³-hybridized carbons (Fsp3) is 0.588. The van der Waals surface area contributed by atoms with Crippen molar-refractivity contribution >= 4 is 11.5 Å². The minimum absolute atomic E-state index is 0.160. The smallest absolute Gasteiger partial charge is 0.139 e. The molecule has 0 spiro atoms. The molecule has 1 fully saturated rings. The molecule has 0 aromatic heterocycles. The van der Waals surface area contributed by atoms with Crippen molar-refractivity contribution in [2.24, 2.45) is 5.92 Å². The second kappa shape index (κ2) is 4.99. The van der Waals surface area contributed by atoms with Crippen LogP contribution < -0.4 is 4.90 Å². The standard InChI is InChI=1S/C17H23NO/c1-12-13(2)18(11-10-17(12)19)16-9-5-7-14-6-3-4-8-15(14)16/h5,7,9,12-13H,3-4,6,8,10-11H2,1-2H3. The van der Waals surface area contributed by atoms with Crippen LogP contribution in [0, 0.1) is 5.92 Å². The lowest BCUT2D eigenvalue weighted by atomic mass is 9.86. The van der Waals surface area contributed by atoms with Crippen LogP contribution in [0.1, 0.15) is 44.2 Å². The van der Waals surface area contributed by atoms with Crippen molar-refractivity contribution in [3.63, 3.8) is 0 Å². The van der Waals surface area contributed by atoms with Crippen LogP contribution in [-0.4, -0.2) is 18.4 Å². The first-order chi connectivity index (χ1) is 9.18. The molecule has 0 N–H and O–H groups in total. The fourth-order valence-electron chi connectivity index (χ4n) is 3.57. The number of piperidine rings is 1. The molecule has 3 rings (SSSR count). The van der Waals surface area contributed by atoms with Gasteiger partial charge in [0, 0.05) is 30.6 Å². The Morgan fingerprint density at radius 1 is 1.11 bits per heavy atom. The molecule has 1 aliphatic heterocycles. The summed E-state index contributed by atoms with van der Waals surface area (Å²) in [5, 5.41) is 0. The lowest BCUT2D eigenvalue weighted by Gasteiger charge is -2.40. The summed E-state index contributed by atoms with van der Waals surface area (Å²) in [6, 6.07) is 7.05. The topological polar surface area (TPSA) is 20.3 Å². The van der Waals surface area contributed by atoms with Gasteiger partial charge >= 0.3 is 0 Å². The van der Waals surface area contributed by atoms with E-state index in [-0.39, 0.29) is 5.92 Å². The summed E-state index contributed by atoms with van der Waals surface area (Å²) in [6.07, 6.45) is 5.76. The second-order valence-corrected chi connectivity index (χ2v) is 6.06. The molecule has 2 atom stereocenters. The molecule has 102 valence electrons. The molecule has 0 saturated carbocycles. The van der Waals surface area contributed by atoms with Gasteiger partial charge in [-0.1, -0.05) is 19.1 Å². The highest BCUT2D eigenvalue weighted by atomic mass is 16.1.